The van der Waals surface area contributed by atoms with Crippen molar-refractivity contribution in [2.75, 3.05) is 11.9 Å². The Morgan fingerprint density at radius 2 is 2.22 bits per heavy atom. The molecule has 0 fully saturated rings. The summed E-state index contributed by atoms with van der Waals surface area (Å²) >= 11 is 9.39. The van der Waals surface area contributed by atoms with Crippen LogP contribution >= 0.6 is 27.5 Å². The number of rotatable bonds is 6. The Bertz CT molecular complexity index is 412. The highest BCUT2D eigenvalue weighted by molar-refractivity contribution is 9.10. The monoisotopic (exact) mass is 332 g/mol. The van der Waals surface area contributed by atoms with Crippen LogP contribution < -0.4 is 10.6 Å². The van der Waals surface area contributed by atoms with Crippen LogP contribution in [-0.2, 0) is 4.79 Å². The molecule has 0 radical (unpaired) electrons. The molecule has 3 nitrogen and oxygen atoms in total. The minimum atomic E-state index is -0.295. The third kappa shape index (κ3) is 4.50. The molecule has 1 amide bonds. The van der Waals surface area contributed by atoms with E-state index in [9.17, 15) is 4.79 Å². The van der Waals surface area contributed by atoms with Gasteiger partial charge in [-0.2, -0.15) is 0 Å². The Kier molecular flexibility index (Phi) is 6.50. The summed E-state index contributed by atoms with van der Waals surface area (Å²) in [6.45, 7) is 4.64. The van der Waals surface area contributed by atoms with E-state index in [1.165, 1.54) is 0 Å². The predicted molar refractivity (Wildman–Crippen MR) is 80.2 cm³/mol. The molecule has 1 unspecified atom stereocenters. The lowest BCUT2D eigenvalue weighted by molar-refractivity contribution is -0.121. The molecule has 0 bridgehead atoms. The van der Waals surface area contributed by atoms with Gasteiger partial charge in [-0.05, 0) is 41.4 Å². The number of hydrogen-bond acceptors (Lipinski definition) is 2. The highest BCUT2D eigenvalue weighted by Gasteiger charge is 2.13. The fraction of sp³-hybridized carbons (Fsp3) is 0.462. The van der Waals surface area contributed by atoms with Gasteiger partial charge in [-0.25, -0.2) is 0 Å². The van der Waals surface area contributed by atoms with Crippen LogP contribution in [0.4, 0.5) is 5.69 Å². The Hall–Kier alpha value is -0.740. The predicted octanol–water partition coefficient (Wildman–Crippen LogP) is 3.82. The lowest BCUT2D eigenvalue weighted by Gasteiger charge is -2.16. The van der Waals surface area contributed by atoms with Gasteiger partial charge >= 0.3 is 0 Å². The molecule has 1 rings (SSSR count). The number of anilines is 1. The van der Waals surface area contributed by atoms with Crippen molar-refractivity contribution in [1.29, 1.82) is 0 Å². The summed E-state index contributed by atoms with van der Waals surface area (Å²) in [5.74, 6) is -0.00433. The van der Waals surface area contributed by atoms with E-state index in [1.54, 1.807) is 6.07 Å². The molecule has 100 valence electrons. The van der Waals surface area contributed by atoms with Gasteiger partial charge in [0.25, 0.3) is 0 Å². The SMILES string of the molecule is CCCCNC(=O)C(C)Nc1cccc(Cl)c1Br. The summed E-state index contributed by atoms with van der Waals surface area (Å²) in [6.07, 6.45) is 2.07. The van der Waals surface area contributed by atoms with E-state index >= 15 is 0 Å². The molecule has 2 N–H and O–H groups in total. The van der Waals surface area contributed by atoms with E-state index in [1.807, 2.05) is 19.1 Å². The second-order valence-electron chi connectivity index (χ2n) is 4.11. The van der Waals surface area contributed by atoms with Gasteiger partial charge in [0.15, 0.2) is 0 Å². The minimum absolute atomic E-state index is 0.00433. The van der Waals surface area contributed by atoms with Crippen molar-refractivity contribution in [3.8, 4) is 0 Å². The quantitative estimate of drug-likeness (QED) is 0.777. The summed E-state index contributed by atoms with van der Waals surface area (Å²) in [6, 6.07) is 5.22. The average Bonchev–Trinajstić information content (AvgIpc) is 2.35. The van der Waals surface area contributed by atoms with E-state index in [-0.39, 0.29) is 11.9 Å². The Morgan fingerprint density at radius 1 is 1.50 bits per heavy atom. The van der Waals surface area contributed by atoms with Gasteiger partial charge in [-0.1, -0.05) is 31.0 Å². The number of nitrogens with one attached hydrogen (secondary N) is 2. The van der Waals surface area contributed by atoms with Crippen LogP contribution in [0.3, 0.4) is 0 Å². The molecule has 0 aliphatic rings. The smallest absolute Gasteiger partial charge is 0.242 e. The van der Waals surface area contributed by atoms with Crippen molar-refractivity contribution >= 4 is 39.1 Å². The second-order valence-corrected chi connectivity index (χ2v) is 5.31. The first kappa shape index (κ1) is 15.3. The molecule has 1 aromatic carbocycles. The van der Waals surface area contributed by atoms with Crippen LogP contribution in [0, 0.1) is 0 Å². The maximum Gasteiger partial charge on any atom is 0.242 e. The molecule has 0 spiro atoms. The number of benzene rings is 1. The van der Waals surface area contributed by atoms with Gasteiger partial charge in [0.2, 0.25) is 5.91 Å². The highest BCUT2D eigenvalue weighted by Crippen LogP contribution is 2.30. The third-order valence-corrected chi connectivity index (χ3v) is 3.94. The zero-order valence-corrected chi connectivity index (χ0v) is 12.9. The number of carbonyl (C=O) groups excluding carboxylic acids is 1. The number of carbonyl (C=O) groups is 1. The molecule has 0 aliphatic heterocycles. The number of hydrogen-bond donors (Lipinski definition) is 2. The molecule has 0 aromatic heterocycles. The van der Waals surface area contributed by atoms with Crippen molar-refractivity contribution in [2.24, 2.45) is 0 Å². The Labute approximate surface area is 121 Å². The molecule has 1 atom stereocenters. The maximum atomic E-state index is 11.8. The number of halogens is 2. The van der Waals surface area contributed by atoms with E-state index < -0.39 is 0 Å². The van der Waals surface area contributed by atoms with Crippen molar-refractivity contribution < 1.29 is 4.79 Å². The molecule has 0 aliphatic carbocycles. The fourth-order valence-electron chi connectivity index (χ4n) is 1.46. The van der Waals surface area contributed by atoms with Crippen molar-refractivity contribution in [2.45, 2.75) is 32.7 Å². The molecule has 0 heterocycles. The Balaban J connectivity index is 2.56. The first-order valence-electron chi connectivity index (χ1n) is 6.04. The molecular weight excluding hydrogens is 316 g/mol. The van der Waals surface area contributed by atoms with Crippen molar-refractivity contribution in [1.82, 2.24) is 5.32 Å². The van der Waals surface area contributed by atoms with E-state index in [0.29, 0.717) is 5.02 Å². The van der Waals surface area contributed by atoms with E-state index in [2.05, 4.69) is 33.5 Å². The molecular formula is C13H18BrClN2O. The van der Waals surface area contributed by atoms with Gasteiger partial charge < -0.3 is 10.6 Å². The topological polar surface area (TPSA) is 41.1 Å². The van der Waals surface area contributed by atoms with Gasteiger partial charge in [0.05, 0.1) is 15.2 Å². The van der Waals surface area contributed by atoms with Crippen molar-refractivity contribution in [3.63, 3.8) is 0 Å². The fourth-order valence-corrected chi connectivity index (χ4v) is 2.01. The van der Waals surface area contributed by atoms with Crippen LogP contribution in [0.15, 0.2) is 22.7 Å². The largest absolute Gasteiger partial charge is 0.373 e. The average molecular weight is 334 g/mol. The van der Waals surface area contributed by atoms with E-state index in [4.69, 9.17) is 11.6 Å². The van der Waals surface area contributed by atoms with Gasteiger partial charge in [0.1, 0.15) is 6.04 Å². The van der Waals surface area contributed by atoms with Crippen LogP contribution in [-0.4, -0.2) is 18.5 Å². The molecule has 1 aromatic rings. The molecule has 18 heavy (non-hydrogen) atoms. The lowest BCUT2D eigenvalue weighted by Crippen LogP contribution is -2.38. The normalized spacial score (nSPS) is 12.0. The van der Waals surface area contributed by atoms with Gasteiger partial charge in [0, 0.05) is 6.54 Å². The van der Waals surface area contributed by atoms with E-state index in [0.717, 1.165) is 29.5 Å². The first-order chi connectivity index (χ1) is 8.56. The van der Waals surface area contributed by atoms with Gasteiger partial charge in [-0.15, -0.1) is 0 Å². The molecule has 0 saturated heterocycles. The number of amides is 1. The molecule has 0 saturated carbocycles. The standard InChI is InChI=1S/C13H18BrClN2O/c1-3-4-8-16-13(18)9(2)17-11-7-5-6-10(15)12(11)14/h5-7,9,17H,3-4,8H2,1-2H3,(H,16,18). The molecule has 5 heteroatoms. The summed E-state index contributed by atoms with van der Waals surface area (Å²) in [4.78, 5) is 11.8. The van der Waals surface area contributed by atoms with Crippen LogP contribution in [0.1, 0.15) is 26.7 Å². The number of unbranched alkanes of at least 4 members (excludes halogenated alkanes) is 1. The minimum Gasteiger partial charge on any atom is -0.373 e. The van der Waals surface area contributed by atoms with Crippen LogP contribution in [0.25, 0.3) is 0 Å². The zero-order chi connectivity index (χ0) is 13.5. The summed E-state index contributed by atoms with van der Waals surface area (Å²) in [5.41, 5.74) is 0.820. The summed E-state index contributed by atoms with van der Waals surface area (Å²) < 4.78 is 0.778. The van der Waals surface area contributed by atoms with Crippen LogP contribution in [0.5, 0.6) is 0 Å². The lowest BCUT2D eigenvalue weighted by atomic mass is 10.2. The summed E-state index contributed by atoms with van der Waals surface area (Å²) in [5, 5.41) is 6.65. The van der Waals surface area contributed by atoms with Crippen LogP contribution in [0.2, 0.25) is 5.02 Å². The maximum absolute atomic E-state index is 11.8. The summed E-state index contributed by atoms with van der Waals surface area (Å²) in [7, 11) is 0. The van der Waals surface area contributed by atoms with Gasteiger partial charge in [-0.3, -0.25) is 4.79 Å². The van der Waals surface area contributed by atoms with Crippen molar-refractivity contribution in [3.05, 3.63) is 27.7 Å². The highest BCUT2D eigenvalue weighted by atomic mass is 79.9. The first-order valence-corrected chi connectivity index (χ1v) is 7.21. The second kappa shape index (κ2) is 7.64. The Morgan fingerprint density at radius 3 is 2.89 bits per heavy atom. The third-order valence-electron chi connectivity index (χ3n) is 2.55. The zero-order valence-electron chi connectivity index (χ0n) is 10.6.